The van der Waals surface area contributed by atoms with E-state index in [1.807, 2.05) is 18.2 Å². The number of benzene rings is 1. The molecule has 94 valence electrons. The second-order valence-electron chi connectivity index (χ2n) is 3.56. The molecule has 1 aromatic heterocycles. The van der Waals surface area contributed by atoms with E-state index in [-0.39, 0.29) is 0 Å². The van der Waals surface area contributed by atoms with Crippen LogP contribution < -0.4 is 14.8 Å². The maximum Gasteiger partial charge on any atom is 0.162 e. The molecule has 1 N–H and O–H groups in total. The predicted octanol–water partition coefficient (Wildman–Crippen LogP) is 3.50. The lowest BCUT2D eigenvalue weighted by molar-refractivity contribution is 0.355. The standard InChI is InChI=1S/C13H13ClN2O2/c1-17-11-5-4-10(7-12(11)18-2)16-13-6-3-9(14)8-15-13/h3-8H,1-2H3,(H,15,16). The molecule has 5 heteroatoms. The molecule has 0 aliphatic rings. The second kappa shape index (κ2) is 5.60. The highest BCUT2D eigenvalue weighted by Crippen LogP contribution is 2.30. The van der Waals surface area contributed by atoms with Crippen molar-refractivity contribution in [3.8, 4) is 11.5 Å². The van der Waals surface area contributed by atoms with Gasteiger partial charge in [-0.25, -0.2) is 4.98 Å². The van der Waals surface area contributed by atoms with Gasteiger partial charge in [0.2, 0.25) is 0 Å². The van der Waals surface area contributed by atoms with Crippen LogP contribution >= 0.6 is 11.6 Å². The quantitative estimate of drug-likeness (QED) is 0.918. The summed E-state index contributed by atoms with van der Waals surface area (Å²) < 4.78 is 10.4. The molecule has 0 saturated carbocycles. The lowest BCUT2D eigenvalue weighted by atomic mass is 10.2. The molecule has 4 nitrogen and oxygen atoms in total. The first-order valence-electron chi connectivity index (χ1n) is 5.33. The average Bonchev–Trinajstić information content (AvgIpc) is 2.41. The first-order valence-corrected chi connectivity index (χ1v) is 5.71. The number of ether oxygens (including phenoxy) is 2. The highest BCUT2D eigenvalue weighted by Gasteiger charge is 2.04. The van der Waals surface area contributed by atoms with Gasteiger partial charge in [-0.2, -0.15) is 0 Å². The zero-order valence-electron chi connectivity index (χ0n) is 10.1. The molecule has 0 spiro atoms. The Balaban J connectivity index is 2.21. The summed E-state index contributed by atoms with van der Waals surface area (Å²) in [5.41, 5.74) is 0.863. The van der Waals surface area contributed by atoms with E-state index in [1.54, 1.807) is 32.5 Å². The minimum absolute atomic E-state index is 0.605. The van der Waals surface area contributed by atoms with Gasteiger partial charge in [-0.15, -0.1) is 0 Å². The Kier molecular flexibility index (Phi) is 3.89. The van der Waals surface area contributed by atoms with Crippen molar-refractivity contribution >= 4 is 23.1 Å². The van der Waals surface area contributed by atoms with Crippen molar-refractivity contribution in [2.75, 3.05) is 19.5 Å². The summed E-state index contributed by atoms with van der Waals surface area (Å²) in [4.78, 5) is 4.16. The van der Waals surface area contributed by atoms with Crippen LogP contribution in [-0.2, 0) is 0 Å². The maximum atomic E-state index is 5.78. The van der Waals surface area contributed by atoms with Crippen LogP contribution in [0.5, 0.6) is 11.5 Å². The molecule has 0 bridgehead atoms. The number of halogens is 1. The van der Waals surface area contributed by atoms with Gasteiger partial charge in [0.15, 0.2) is 11.5 Å². The van der Waals surface area contributed by atoms with E-state index in [2.05, 4.69) is 10.3 Å². The summed E-state index contributed by atoms with van der Waals surface area (Å²) in [6, 6.07) is 9.14. The van der Waals surface area contributed by atoms with Gasteiger partial charge < -0.3 is 14.8 Å². The minimum Gasteiger partial charge on any atom is -0.493 e. The number of aromatic nitrogens is 1. The fraction of sp³-hybridized carbons (Fsp3) is 0.154. The van der Waals surface area contributed by atoms with Crippen molar-refractivity contribution in [1.82, 2.24) is 4.98 Å². The van der Waals surface area contributed by atoms with E-state index >= 15 is 0 Å². The molecular weight excluding hydrogens is 252 g/mol. The van der Waals surface area contributed by atoms with Crippen LogP contribution in [0.4, 0.5) is 11.5 Å². The fourth-order valence-corrected chi connectivity index (χ4v) is 1.62. The van der Waals surface area contributed by atoms with Gasteiger partial charge in [-0.05, 0) is 24.3 Å². The molecule has 0 fully saturated rings. The zero-order valence-corrected chi connectivity index (χ0v) is 10.9. The van der Waals surface area contributed by atoms with Crippen molar-refractivity contribution < 1.29 is 9.47 Å². The molecule has 0 saturated heterocycles. The normalized spacial score (nSPS) is 9.94. The van der Waals surface area contributed by atoms with Gasteiger partial charge in [0.1, 0.15) is 5.82 Å². The van der Waals surface area contributed by atoms with E-state index in [0.29, 0.717) is 22.3 Å². The Morgan fingerprint density at radius 3 is 2.44 bits per heavy atom. The average molecular weight is 265 g/mol. The van der Waals surface area contributed by atoms with Crippen LogP contribution in [0.1, 0.15) is 0 Å². The largest absolute Gasteiger partial charge is 0.493 e. The third-order valence-corrected chi connectivity index (χ3v) is 2.61. The Labute approximate surface area is 111 Å². The maximum absolute atomic E-state index is 5.78. The van der Waals surface area contributed by atoms with Crippen LogP contribution in [0.25, 0.3) is 0 Å². The van der Waals surface area contributed by atoms with Crippen LogP contribution in [0.15, 0.2) is 36.5 Å². The number of nitrogens with zero attached hydrogens (tertiary/aromatic N) is 1. The van der Waals surface area contributed by atoms with Gasteiger partial charge in [0, 0.05) is 18.0 Å². The summed E-state index contributed by atoms with van der Waals surface area (Å²) in [7, 11) is 3.20. The predicted molar refractivity (Wildman–Crippen MR) is 72.1 cm³/mol. The first-order chi connectivity index (χ1) is 8.72. The molecule has 0 aliphatic carbocycles. The van der Waals surface area contributed by atoms with E-state index in [1.165, 1.54) is 0 Å². The fourth-order valence-electron chi connectivity index (χ4n) is 1.51. The van der Waals surface area contributed by atoms with Crippen molar-refractivity contribution in [2.45, 2.75) is 0 Å². The number of rotatable bonds is 4. The molecule has 1 aromatic carbocycles. The lowest BCUT2D eigenvalue weighted by Crippen LogP contribution is -1.95. The van der Waals surface area contributed by atoms with Gasteiger partial charge in [0.25, 0.3) is 0 Å². The van der Waals surface area contributed by atoms with Crippen molar-refractivity contribution in [1.29, 1.82) is 0 Å². The Morgan fingerprint density at radius 1 is 1.06 bits per heavy atom. The highest BCUT2D eigenvalue weighted by molar-refractivity contribution is 6.30. The molecule has 0 amide bonds. The molecule has 1 heterocycles. The van der Waals surface area contributed by atoms with Gasteiger partial charge in [-0.3, -0.25) is 0 Å². The number of methoxy groups -OCH3 is 2. The second-order valence-corrected chi connectivity index (χ2v) is 3.99. The molecule has 2 rings (SSSR count). The van der Waals surface area contributed by atoms with Gasteiger partial charge in [-0.1, -0.05) is 11.6 Å². The number of hydrogen-bond acceptors (Lipinski definition) is 4. The van der Waals surface area contributed by atoms with Crippen LogP contribution in [0, 0.1) is 0 Å². The minimum atomic E-state index is 0.605. The van der Waals surface area contributed by atoms with Crippen LogP contribution in [0.3, 0.4) is 0 Å². The number of hydrogen-bond donors (Lipinski definition) is 1. The molecule has 0 atom stereocenters. The van der Waals surface area contributed by atoms with Crippen LogP contribution in [-0.4, -0.2) is 19.2 Å². The molecule has 0 aliphatic heterocycles. The topological polar surface area (TPSA) is 43.4 Å². The number of anilines is 2. The van der Waals surface area contributed by atoms with Crippen LogP contribution in [0.2, 0.25) is 5.02 Å². The first kappa shape index (κ1) is 12.5. The summed E-state index contributed by atoms with van der Waals surface area (Å²) in [5, 5.41) is 3.76. The summed E-state index contributed by atoms with van der Waals surface area (Å²) >= 11 is 5.78. The molecular formula is C13H13ClN2O2. The number of pyridine rings is 1. The third-order valence-electron chi connectivity index (χ3n) is 2.38. The Morgan fingerprint density at radius 2 is 1.83 bits per heavy atom. The third kappa shape index (κ3) is 2.84. The summed E-state index contributed by atoms with van der Waals surface area (Å²) in [6.45, 7) is 0. The summed E-state index contributed by atoms with van der Waals surface area (Å²) in [6.07, 6.45) is 1.59. The van der Waals surface area contributed by atoms with Gasteiger partial charge in [0.05, 0.1) is 19.2 Å². The Hall–Kier alpha value is -1.94. The molecule has 0 radical (unpaired) electrons. The molecule has 0 unspecified atom stereocenters. The SMILES string of the molecule is COc1ccc(Nc2ccc(Cl)cn2)cc1OC. The van der Waals surface area contributed by atoms with E-state index in [4.69, 9.17) is 21.1 Å². The monoisotopic (exact) mass is 264 g/mol. The van der Waals surface area contributed by atoms with Crippen molar-refractivity contribution in [3.63, 3.8) is 0 Å². The molecule has 2 aromatic rings. The van der Waals surface area contributed by atoms with Crippen molar-refractivity contribution in [2.24, 2.45) is 0 Å². The lowest BCUT2D eigenvalue weighted by Gasteiger charge is -2.10. The van der Waals surface area contributed by atoms with Crippen molar-refractivity contribution in [3.05, 3.63) is 41.6 Å². The summed E-state index contributed by atoms with van der Waals surface area (Å²) in [5.74, 6) is 2.06. The van der Waals surface area contributed by atoms with E-state index < -0.39 is 0 Å². The Bertz CT molecular complexity index is 529. The van der Waals surface area contributed by atoms with E-state index in [9.17, 15) is 0 Å². The highest BCUT2D eigenvalue weighted by atomic mass is 35.5. The zero-order chi connectivity index (χ0) is 13.0. The smallest absolute Gasteiger partial charge is 0.162 e. The number of nitrogens with one attached hydrogen (secondary N) is 1. The van der Waals surface area contributed by atoms with E-state index in [0.717, 1.165) is 5.69 Å². The van der Waals surface area contributed by atoms with Gasteiger partial charge >= 0.3 is 0 Å². The molecule has 18 heavy (non-hydrogen) atoms.